The highest BCUT2D eigenvalue weighted by molar-refractivity contribution is 5.77. The second-order valence-electron chi connectivity index (χ2n) is 4.59. The average Bonchev–Trinajstić information content (AvgIpc) is 2.71. The molecule has 0 aliphatic carbocycles. The first kappa shape index (κ1) is 12.8. The highest BCUT2D eigenvalue weighted by atomic mass is 19.1. The fraction of sp³-hybridized carbons (Fsp3) is 0.462. The minimum Gasteiger partial charge on any atom is -0.396 e. The molecule has 0 saturated carbocycles. The van der Waals surface area contributed by atoms with E-state index < -0.39 is 0 Å². The van der Waals surface area contributed by atoms with E-state index in [1.165, 1.54) is 12.1 Å². The number of benzene rings is 1. The van der Waals surface area contributed by atoms with Crippen molar-refractivity contribution in [3.05, 3.63) is 24.0 Å². The Kier molecular flexibility index (Phi) is 3.81. The smallest absolute Gasteiger partial charge is 0.204 e. The van der Waals surface area contributed by atoms with Crippen LogP contribution in [0, 0.1) is 5.82 Å². The number of fused-ring (bicyclic) bond motifs is 1. The Bertz CT molecular complexity index is 524. The van der Waals surface area contributed by atoms with E-state index in [1.54, 1.807) is 6.07 Å². The van der Waals surface area contributed by atoms with Gasteiger partial charge in [0.25, 0.3) is 0 Å². The Morgan fingerprint density at radius 1 is 1.44 bits per heavy atom. The van der Waals surface area contributed by atoms with E-state index in [1.807, 2.05) is 0 Å². The van der Waals surface area contributed by atoms with Crippen LogP contribution in [0.15, 0.2) is 18.2 Å². The summed E-state index contributed by atoms with van der Waals surface area (Å²) >= 11 is 0. The van der Waals surface area contributed by atoms with E-state index in [0.29, 0.717) is 11.9 Å². The van der Waals surface area contributed by atoms with Crippen molar-refractivity contribution in [1.82, 2.24) is 9.97 Å². The van der Waals surface area contributed by atoms with Crippen molar-refractivity contribution < 1.29 is 9.50 Å². The topological polar surface area (TPSA) is 52.1 Å². The van der Waals surface area contributed by atoms with Crippen LogP contribution in [-0.4, -0.2) is 34.3 Å². The van der Waals surface area contributed by atoms with Crippen LogP contribution in [0.3, 0.4) is 0 Å². The molecule has 0 saturated heterocycles. The number of anilines is 1. The summed E-state index contributed by atoms with van der Waals surface area (Å²) in [6.45, 7) is 4.99. The Morgan fingerprint density at radius 2 is 2.22 bits per heavy atom. The summed E-state index contributed by atoms with van der Waals surface area (Å²) in [5.74, 6) is 0.447. The molecule has 0 atom stereocenters. The summed E-state index contributed by atoms with van der Waals surface area (Å²) in [5.41, 5.74) is 1.45. The number of imidazole rings is 1. The third kappa shape index (κ3) is 2.61. The summed E-state index contributed by atoms with van der Waals surface area (Å²) < 4.78 is 13.1. The Hall–Kier alpha value is -1.62. The van der Waals surface area contributed by atoms with Crippen LogP contribution >= 0.6 is 0 Å². The van der Waals surface area contributed by atoms with E-state index in [2.05, 4.69) is 28.7 Å². The number of aromatic amines is 1. The van der Waals surface area contributed by atoms with E-state index in [-0.39, 0.29) is 18.5 Å². The minimum atomic E-state index is -0.274. The van der Waals surface area contributed by atoms with Crippen molar-refractivity contribution in [2.75, 3.05) is 18.1 Å². The second kappa shape index (κ2) is 5.35. The molecule has 0 spiro atoms. The SMILES string of the molecule is CC(C)N(CCCO)c1nc2ccc(F)cc2[nH]1. The molecule has 0 radical (unpaired) electrons. The minimum absolute atomic E-state index is 0.151. The van der Waals surface area contributed by atoms with Crippen LogP contribution in [0.5, 0.6) is 0 Å². The highest BCUT2D eigenvalue weighted by Crippen LogP contribution is 2.20. The monoisotopic (exact) mass is 251 g/mol. The van der Waals surface area contributed by atoms with E-state index in [9.17, 15) is 4.39 Å². The van der Waals surface area contributed by atoms with Gasteiger partial charge in [-0.05, 0) is 38.5 Å². The quantitative estimate of drug-likeness (QED) is 0.857. The van der Waals surface area contributed by atoms with Crippen LogP contribution in [0.1, 0.15) is 20.3 Å². The molecule has 0 amide bonds. The van der Waals surface area contributed by atoms with Crippen molar-refractivity contribution in [3.63, 3.8) is 0 Å². The molecule has 5 heteroatoms. The predicted octanol–water partition coefficient (Wildman–Crippen LogP) is 2.30. The lowest BCUT2D eigenvalue weighted by Crippen LogP contribution is -2.33. The fourth-order valence-electron chi connectivity index (χ4n) is 1.95. The number of aromatic nitrogens is 2. The third-order valence-corrected chi connectivity index (χ3v) is 2.88. The van der Waals surface area contributed by atoms with Gasteiger partial charge in [-0.3, -0.25) is 0 Å². The first-order chi connectivity index (χ1) is 8.61. The number of aliphatic hydroxyl groups excluding tert-OH is 1. The molecule has 0 aliphatic heterocycles. The Labute approximate surface area is 105 Å². The van der Waals surface area contributed by atoms with Crippen LogP contribution in [-0.2, 0) is 0 Å². The Morgan fingerprint density at radius 3 is 2.89 bits per heavy atom. The molecule has 0 unspecified atom stereocenters. The zero-order chi connectivity index (χ0) is 13.1. The van der Waals surface area contributed by atoms with Crippen LogP contribution < -0.4 is 4.90 Å². The van der Waals surface area contributed by atoms with Gasteiger partial charge in [-0.2, -0.15) is 0 Å². The van der Waals surface area contributed by atoms with E-state index >= 15 is 0 Å². The van der Waals surface area contributed by atoms with Gasteiger partial charge in [0.2, 0.25) is 5.95 Å². The number of nitrogens with one attached hydrogen (secondary N) is 1. The number of H-pyrrole nitrogens is 1. The first-order valence-electron chi connectivity index (χ1n) is 6.14. The van der Waals surface area contributed by atoms with Crippen LogP contribution in [0.2, 0.25) is 0 Å². The number of aliphatic hydroxyl groups is 1. The van der Waals surface area contributed by atoms with Crippen molar-refractivity contribution >= 4 is 17.0 Å². The number of rotatable bonds is 5. The van der Waals surface area contributed by atoms with Gasteiger partial charge in [-0.15, -0.1) is 0 Å². The second-order valence-corrected chi connectivity index (χ2v) is 4.59. The Balaban J connectivity index is 2.32. The number of nitrogens with zero attached hydrogens (tertiary/aromatic N) is 2. The lowest BCUT2D eigenvalue weighted by molar-refractivity contribution is 0.288. The summed E-state index contributed by atoms with van der Waals surface area (Å²) in [6, 6.07) is 4.77. The highest BCUT2D eigenvalue weighted by Gasteiger charge is 2.14. The van der Waals surface area contributed by atoms with Gasteiger partial charge in [-0.25, -0.2) is 9.37 Å². The summed E-state index contributed by atoms with van der Waals surface area (Å²) in [7, 11) is 0. The van der Waals surface area contributed by atoms with Crippen molar-refractivity contribution in [2.45, 2.75) is 26.3 Å². The lowest BCUT2D eigenvalue weighted by atomic mass is 10.3. The van der Waals surface area contributed by atoms with Gasteiger partial charge in [-0.1, -0.05) is 0 Å². The molecule has 0 fully saturated rings. The number of halogens is 1. The van der Waals surface area contributed by atoms with Crippen molar-refractivity contribution in [2.24, 2.45) is 0 Å². The zero-order valence-electron chi connectivity index (χ0n) is 10.7. The average molecular weight is 251 g/mol. The van der Waals surface area contributed by atoms with Crippen LogP contribution in [0.4, 0.5) is 10.3 Å². The number of hydrogen-bond donors (Lipinski definition) is 2. The molecule has 0 bridgehead atoms. The molecule has 2 N–H and O–H groups in total. The van der Waals surface area contributed by atoms with E-state index in [4.69, 9.17) is 5.11 Å². The summed E-state index contributed by atoms with van der Waals surface area (Å²) in [5, 5.41) is 8.91. The molecule has 2 rings (SSSR count). The van der Waals surface area contributed by atoms with Crippen molar-refractivity contribution in [3.8, 4) is 0 Å². The van der Waals surface area contributed by atoms with E-state index in [0.717, 1.165) is 18.0 Å². The number of hydrogen-bond acceptors (Lipinski definition) is 3. The van der Waals surface area contributed by atoms with Gasteiger partial charge in [0, 0.05) is 19.2 Å². The van der Waals surface area contributed by atoms with Gasteiger partial charge >= 0.3 is 0 Å². The van der Waals surface area contributed by atoms with Gasteiger partial charge < -0.3 is 15.0 Å². The van der Waals surface area contributed by atoms with Gasteiger partial charge in [0.05, 0.1) is 11.0 Å². The maximum atomic E-state index is 13.1. The fourth-order valence-corrected chi connectivity index (χ4v) is 1.95. The molecular formula is C13H18FN3O. The van der Waals surface area contributed by atoms with Gasteiger partial charge in [0.1, 0.15) is 5.82 Å². The molecule has 1 aromatic carbocycles. The molecule has 2 aromatic rings. The maximum Gasteiger partial charge on any atom is 0.204 e. The molecule has 1 aromatic heterocycles. The molecule has 0 aliphatic rings. The van der Waals surface area contributed by atoms with Crippen molar-refractivity contribution in [1.29, 1.82) is 0 Å². The van der Waals surface area contributed by atoms with Gasteiger partial charge in [0.15, 0.2) is 0 Å². The van der Waals surface area contributed by atoms with Crippen LogP contribution in [0.25, 0.3) is 11.0 Å². The maximum absolute atomic E-state index is 13.1. The molecule has 1 heterocycles. The molecule has 98 valence electrons. The molecule has 4 nitrogen and oxygen atoms in total. The zero-order valence-corrected chi connectivity index (χ0v) is 10.7. The molecular weight excluding hydrogens is 233 g/mol. The predicted molar refractivity (Wildman–Crippen MR) is 70.2 cm³/mol. The first-order valence-corrected chi connectivity index (χ1v) is 6.14. The summed E-state index contributed by atoms with van der Waals surface area (Å²) in [6.07, 6.45) is 0.684. The molecule has 18 heavy (non-hydrogen) atoms. The largest absolute Gasteiger partial charge is 0.396 e. The lowest BCUT2D eigenvalue weighted by Gasteiger charge is -2.25. The normalized spacial score (nSPS) is 11.4. The third-order valence-electron chi connectivity index (χ3n) is 2.88. The summed E-state index contributed by atoms with van der Waals surface area (Å²) in [4.78, 5) is 9.63. The standard InChI is InChI=1S/C13H18FN3O/c1-9(2)17(6-3-7-18)13-15-11-5-4-10(14)8-12(11)16-13/h4-5,8-9,18H,3,6-7H2,1-2H3,(H,15,16).